The molecule has 0 aliphatic carbocycles. The third-order valence-electron chi connectivity index (χ3n) is 4.41. The SMILES string of the molecule is CCNC(Cc1ccc(C(C)C)cc1)C1OCCC1C. The molecule has 1 aromatic carbocycles. The van der Waals surface area contributed by atoms with Gasteiger partial charge in [-0.25, -0.2) is 0 Å². The van der Waals surface area contributed by atoms with Gasteiger partial charge < -0.3 is 10.1 Å². The zero-order valence-corrected chi connectivity index (χ0v) is 13.4. The van der Waals surface area contributed by atoms with E-state index in [1.165, 1.54) is 17.5 Å². The molecule has 1 N–H and O–H groups in total. The van der Waals surface area contributed by atoms with E-state index in [1.807, 2.05) is 0 Å². The van der Waals surface area contributed by atoms with Gasteiger partial charge >= 0.3 is 0 Å². The highest BCUT2D eigenvalue weighted by Gasteiger charge is 2.31. The van der Waals surface area contributed by atoms with E-state index in [0.29, 0.717) is 24.0 Å². The van der Waals surface area contributed by atoms with Gasteiger partial charge in [-0.15, -0.1) is 0 Å². The minimum atomic E-state index is 0.361. The molecule has 0 radical (unpaired) electrons. The van der Waals surface area contributed by atoms with Crippen molar-refractivity contribution in [1.82, 2.24) is 5.32 Å². The van der Waals surface area contributed by atoms with Crippen LogP contribution in [0.2, 0.25) is 0 Å². The highest BCUT2D eigenvalue weighted by atomic mass is 16.5. The maximum absolute atomic E-state index is 5.95. The third-order valence-corrected chi connectivity index (χ3v) is 4.41. The molecule has 2 rings (SSSR count). The first-order chi connectivity index (χ1) is 9.61. The van der Waals surface area contributed by atoms with Crippen LogP contribution in [0.25, 0.3) is 0 Å². The van der Waals surface area contributed by atoms with Gasteiger partial charge in [0.05, 0.1) is 6.10 Å². The molecule has 1 aliphatic heterocycles. The van der Waals surface area contributed by atoms with E-state index in [9.17, 15) is 0 Å². The molecule has 1 fully saturated rings. The number of benzene rings is 1. The topological polar surface area (TPSA) is 21.3 Å². The monoisotopic (exact) mass is 275 g/mol. The molecule has 3 unspecified atom stereocenters. The van der Waals surface area contributed by atoms with Gasteiger partial charge in [0.2, 0.25) is 0 Å². The summed E-state index contributed by atoms with van der Waals surface area (Å²) >= 11 is 0. The summed E-state index contributed by atoms with van der Waals surface area (Å²) in [6.45, 7) is 10.9. The summed E-state index contributed by atoms with van der Waals surface area (Å²) in [7, 11) is 0. The van der Waals surface area contributed by atoms with Crippen LogP contribution in [0, 0.1) is 5.92 Å². The molecule has 20 heavy (non-hydrogen) atoms. The zero-order valence-electron chi connectivity index (χ0n) is 13.4. The molecule has 3 atom stereocenters. The number of hydrogen-bond donors (Lipinski definition) is 1. The fourth-order valence-electron chi connectivity index (χ4n) is 3.09. The van der Waals surface area contributed by atoms with Gasteiger partial charge in [0, 0.05) is 12.6 Å². The summed E-state index contributed by atoms with van der Waals surface area (Å²) in [6, 6.07) is 9.52. The molecule has 2 nitrogen and oxygen atoms in total. The van der Waals surface area contributed by atoms with E-state index in [-0.39, 0.29) is 0 Å². The first-order valence-electron chi connectivity index (χ1n) is 8.05. The molecule has 0 spiro atoms. The molecular formula is C18H29NO. The van der Waals surface area contributed by atoms with E-state index in [1.54, 1.807) is 0 Å². The molecule has 1 aromatic rings. The Morgan fingerprint density at radius 1 is 1.25 bits per heavy atom. The summed E-state index contributed by atoms with van der Waals surface area (Å²) in [4.78, 5) is 0. The van der Waals surface area contributed by atoms with Gasteiger partial charge in [-0.05, 0) is 42.3 Å². The summed E-state index contributed by atoms with van der Waals surface area (Å²) in [6.07, 6.45) is 2.61. The van der Waals surface area contributed by atoms with Crippen LogP contribution < -0.4 is 5.32 Å². The average Bonchev–Trinajstić information content (AvgIpc) is 2.85. The van der Waals surface area contributed by atoms with Crippen LogP contribution in [0.1, 0.15) is 51.2 Å². The summed E-state index contributed by atoms with van der Waals surface area (Å²) in [5, 5.41) is 3.62. The number of ether oxygens (including phenoxy) is 1. The van der Waals surface area contributed by atoms with Crippen LogP contribution >= 0.6 is 0 Å². The van der Waals surface area contributed by atoms with Gasteiger partial charge in [0.15, 0.2) is 0 Å². The molecular weight excluding hydrogens is 246 g/mol. The second-order valence-corrected chi connectivity index (χ2v) is 6.37. The largest absolute Gasteiger partial charge is 0.376 e. The van der Waals surface area contributed by atoms with Crippen molar-refractivity contribution in [2.24, 2.45) is 5.92 Å². The third kappa shape index (κ3) is 3.83. The van der Waals surface area contributed by atoms with E-state index in [2.05, 4.69) is 57.3 Å². The van der Waals surface area contributed by atoms with Crippen molar-refractivity contribution in [2.45, 2.75) is 58.6 Å². The van der Waals surface area contributed by atoms with Crippen molar-refractivity contribution >= 4 is 0 Å². The molecule has 0 amide bonds. The van der Waals surface area contributed by atoms with Crippen LogP contribution in [0.15, 0.2) is 24.3 Å². The van der Waals surface area contributed by atoms with Crippen molar-refractivity contribution < 1.29 is 4.74 Å². The Labute approximate surface area is 123 Å². The standard InChI is InChI=1S/C18H29NO/c1-5-19-17(18-14(4)10-11-20-18)12-15-6-8-16(9-7-15)13(2)3/h6-9,13-14,17-19H,5,10-12H2,1-4H3. The van der Waals surface area contributed by atoms with Gasteiger partial charge in [0.1, 0.15) is 0 Å². The molecule has 0 saturated carbocycles. The second kappa shape index (κ2) is 7.24. The second-order valence-electron chi connectivity index (χ2n) is 6.37. The fraction of sp³-hybridized carbons (Fsp3) is 0.667. The van der Waals surface area contributed by atoms with Crippen LogP contribution in [-0.4, -0.2) is 25.3 Å². The van der Waals surface area contributed by atoms with Crippen LogP contribution in [-0.2, 0) is 11.2 Å². The molecule has 112 valence electrons. The van der Waals surface area contributed by atoms with Crippen molar-refractivity contribution in [1.29, 1.82) is 0 Å². The summed E-state index contributed by atoms with van der Waals surface area (Å²) in [5.74, 6) is 1.26. The van der Waals surface area contributed by atoms with E-state index >= 15 is 0 Å². The number of nitrogens with one attached hydrogen (secondary N) is 1. The Balaban J connectivity index is 2.03. The van der Waals surface area contributed by atoms with E-state index < -0.39 is 0 Å². The van der Waals surface area contributed by atoms with Gasteiger partial charge in [-0.1, -0.05) is 52.0 Å². The highest BCUT2D eigenvalue weighted by Crippen LogP contribution is 2.25. The van der Waals surface area contributed by atoms with Crippen molar-refractivity contribution in [2.75, 3.05) is 13.2 Å². The summed E-state index contributed by atoms with van der Waals surface area (Å²) in [5.41, 5.74) is 2.82. The van der Waals surface area contributed by atoms with Crippen molar-refractivity contribution in [3.05, 3.63) is 35.4 Å². The predicted octanol–water partition coefficient (Wildman–Crippen LogP) is 3.76. The first-order valence-corrected chi connectivity index (χ1v) is 8.05. The van der Waals surface area contributed by atoms with E-state index in [4.69, 9.17) is 4.74 Å². The molecule has 1 heterocycles. The van der Waals surface area contributed by atoms with Gasteiger partial charge in [-0.3, -0.25) is 0 Å². The fourth-order valence-corrected chi connectivity index (χ4v) is 3.09. The summed E-state index contributed by atoms with van der Waals surface area (Å²) < 4.78 is 5.95. The zero-order chi connectivity index (χ0) is 14.5. The van der Waals surface area contributed by atoms with Crippen LogP contribution in [0.4, 0.5) is 0 Å². The van der Waals surface area contributed by atoms with Gasteiger partial charge in [0.25, 0.3) is 0 Å². The molecule has 2 heteroatoms. The van der Waals surface area contributed by atoms with E-state index in [0.717, 1.165) is 19.6 Å². The Hall–Kier alpha value is -0.860. The minimum absolute atomic E-state index is 0.361. The van der Waals surface area contributed by atoms with Gasteiger partial charge in [-0.2, -0.15) is 0 Å². The highest BCUT2D eigenvalue weighted by molar-refractivity contribution is 5.25. The number of likely N-dealkylation sites (N-methyl/N-ethyl adjacent to an activating group) is 1. The lowest BCUT2D eigenvalue weighted by atomic mass is 9.92. The molecule has 0 aromatic heterocycles. The van der Waals surface area contributed by atoms with Crippen molar-refractivity contribution in [3.8, 4) is 0 Å². The van der Waals surface area contributed by atoms with Crippen LogP contribution in [0.3, 0.4) is 0 Å². The molecule has 0 bridgehead atoms. The minimum Gasteiger partial charge on any atom is -0.376 e. The lowest BCUT2D eigenvalue weighted by Gasteiger charge is -2.27. The maximum Gasteiger partial charge on any atom is 0.0757 e. The lowest BCUT2D eigenvalue weighted by Crippen LogP contribution is -2.43. The predicted molar refractivity (Wildman–Crippen MR) is 85.2 cm³/mol. The van der Waals surface area contributed by atoms with Crippen LogP contribution in [0.5, 0.6) is 0 Å². The number of rotatable bonds is 6. The smallest absolute Gasteiger partial charge is 0.0757 e. The quantitative estimate of drug-likeness (QED) is 0.853. The lowest BCUT2D eigenvalue weighted by molar-refractivity contribution is 0.0615. The average molecular weight is 275 g/mol. The Kier molecular flexibility index (Phi) is 5.62. The number of hydrogen-bond acceptors (Lipinski definition) is 2. The Morgan fingerprint density at radius 2 is 1.95 bits per heavy atom. The Bertz CT molecular complexity index is 398. The molecule has 1 saturated heterocycles. The Morgan fingerprint density at radius 3 is 2.45 bits per heavy atom. The van der Waals surface area contributed by atoms with Crippen molar-refractivity contribution in [3.63, 3.8) is 0 Å². The first kappa shape index (κ1) is 15.5. The normalized spacial score (nSPS) is 24.2. The maximum atomic E-state index is 5.95. The molecule has 1 aliphatic rings.